The molecule has 2 amide bonds. The van der Waals surface area contributed by atoms with Crippen molar-refractivity contribution in [2.75, 3.05) is 18.7 Å². The number of nitrogens with two attached hydrogens (primary N) is 2. The van der Waals surface area contributed by atoms with Gasteiger partial charge in [0.2, 0.25) is 0 Å². The van der Waals surface area contributed by atoms with Gasteiger partial charge in [-0.05, 0) is 51.0 Å². The molecule has 9 heteroatoms. The second-order valence-electron chi connectivity index (χ2n) is 7.87. The summed E-state index contributed by atoms with van der Waals surface area (Å²) in [4.78, 5) is 11.8. The fourth-order valence-electron chi connectivity index (χ4n) is 2.91. The summed E-state index contributed by atoms with van der Waals surface area (Å²) < 4.78 is 10.9. The number of ether oxygens (including phenoxy) is 2. The molecule has 2 aromatic rings. The Balaban J connectivity index is 0.000000362. The molecule has 34 heavy (non-hydrogen) atoms. The summed E-state index contributed by atoms with van der Waals surface area (Å²) in [5, 5.41) is 17.0. The summed E-state index contributed by atoms with van der Waals surface area (Å²) in [6, 6.07) is 10.8. The maximum atomic E-state index is 11.8. The van der Waals surface area contributed by atoms with Gasteiger partial charge in [0.25, 0.3) is 0 Å². The third kappa shape index (κ3) is 8.49. The molecule has 0 saturated carbocycles. The molecule has 186 valence electrons. The molecule has 2 aromatic carbocycles. The highest BCUT2D eigenvalue weighted by molar-refractivity contribution is 5.99. The van der Waals surface area contributed by atoms with E-state index in [1.165, 1.54) is 7.05 Å². The van der Waals surface area contributed by atoms with E-state index in [0.717, 1.165) is 44.4 Å². The van der Waals surface area contributed by atoms with Crippen LogP contribution in [0.4, 0.5) is 10.5 Å². The highest BCUT2D eigenvalue weighted by Crippen LogP contribution is 2.24. The largest absolute Gasteiger partial charge is 0.493 e. The Kier molecular flexibility index (Phi) is 11.8. The molecule has 6 N–H and O–H groups in total. The minimum atomic E-state index is -0.539. The lowest BCUT2D eigenvalue weighted by Crippen LogP contribution is -2.49. The molecule has 0 bridgehead atoms. The Labute approximate surface area is 202 Å². The molecule has 0 heterocycles. The zero-order valence-corrected chi connectivity index (χ0v) is 21.1. The molecule has 0 aliphatic carbocycles. The van der Waals surface area contributed by atoms with Crippen molar-refractivity contribution in [3.63, 3.8) is 0 Å². The first kappa shape index (κ1) is 28.6. The average molecular weight is 471 g/mol. The third-order valence-electron chi connectivity index (χ3n) is 4.87. The molecular formula is C25H38N6O3. The van der Waals surface area contributed by atoms with E-state index >= 15 is 0 Å². The predicted molar refractivity (Wildman–Crippen MR) is 137 cm³/mol. The number of aryl methyl sites for hydroxylation is 2. The van der Waals surface area contributed by atoms with Crippen LogP contribution < -0.4 is 21.4 Å². The number of carbonyl (C=O) groups is 1. The van der Waals surface area contributed by atoms with Crippen LogP contribution in [0.5, 0.6) is 5.75 Å². The number of nitrogens with zero attached hydrogens (tertiary/aromatic N) is 2. The Morgan fingerprint density at radius 1 is 1.09 bits per heavy atom. The first-order chi connectivity index (χ1) is 16.0. The molecule has 0 aliphatic rings. The van der Waals surface area contributed by atoms with Crippen molar-refractivity contribution in [3.05, 3.63) is 58.7 Å². The average Bonchev–Trinajstić information content (AvgIpc) is 2.81. The minimum Gasteiger partial charge on any atom is -0.493 e. The van der Waals surface area contributed by atoms with E-state index in [-0.39, 0.29) is 12.5 Å². The van der Waals surface area contributed by atoms with E-state index in [4.69, 9.17) is 32.0 Å². The van der Waals surface area contributed by atoms with Crippen LogP contribution in [0.25, 0.3) is 0 Å². The van der Waals surface area contributed by atoms with Gasteiger partial charge in [0.05, 0.1) is 12.3 Å². The Bertz CT molecular complexity index is 991. The van der Waals surface area contributed by atoms with Gasteiger partial charge < -0.3 is 14.9 Å². The second-order valence-corrected chi connectivity index (χ2v) is 7.87. The smallest absolute Gasteiger partial charge is 0.352 e. The fraction of sp³-hybridized carbons (Fsp3) is 0.400. The number of hydrazine groups is 2. The lowest BCUT2D eigenvalue weighted by atomic mass is 10.1. The van der Waals surface area contributed by atoms with Crippen LogP contribution in [-0.2, 0) is 11.3 Å². The van der Waals surface area contributed by atoms with Gasteiger partial charge in [-0.3, -0.25) is 10.4 Å². The maximum Gasteiger partial charge on any atom is 0.352 e. The van der Waals surface area contributed by atoms with Crippen LogP contribution in [0.15, 0.2) is 36.4 Å². The van der Waals surface area contributed by atoms with Crippen molar-refractivity contribution < 1.29 is 14.3 Å². The quantitative estimate of drug-likeness (QED) is 0.146. The monoisotopic (exact) mass is 470 g/mol. The summed E-state index contributed by atoms with van der Waals surface area (Å²) in [6.45, 7) is 10.5. The van der Waals surface area contributed by atoms with Crippen LogP contribution in [0.3, 0.4) is 0 Å². The van der Waals surface area contributed by atoms with E-state index in [9.17, 15) is 4.79 Å². The topological polar surface area (TPSA) is 142 Å². The lowest BCUT2D eigenvalue weighted by molar-refractivity contribution is 0.216. The number of rotatable bonds is 8. The highest BCUT2D eigenvalue weighted by Gasteiger charge is 2.19. The highest BCUT2D eigenvalue weighted by atomic mass is 16.5. The molecule has 9 nitrogen and oxygen atoms in total. The standard InChI is InChI=1S/C13H21N5O2.C12H17NO/c1-4-12(14)20-8-10-9(2)6-5-7-11(10)18(16)13(19)17(3)15;1-4-7-14-12-6-5-9(2)8-11(12)10(3)13/h5-7,14H,4,8,15-16H2,1-3H3;5-6,8,13H,4,7H2,1-3H3. The molecule has 0 fully saturated rings. The van der Waals surface area contributed by atoms with Crippen molar-refractivity contribution in [3.8, 4) is 5.75 Å². The van der Waals surface area contributed by atoms with Gasteiger partial charge in [0.1, 0.15) is 12.4 Å². The molecule has 0 spiro atoms. The molecule has 0 saturated heterocycles. The molecule has 0 aliphatic heterocycles. The van der Waals surface area contributed by atoms with E-state index in [2.05, 4.69) is 6.92 Å². The van der Waals surface area contributed by atoms with E-state index in [0.29, 0.717) is 24.4 Å². The zero-order chi connectivity index (χ0) is 25.8. The minimum absolute atomic E-state index is 0.184. The molecular weight excluding hydrogens is 432 g/mol. The summed E-state index contributed by atoms with van der Waals surface area (Å²) >= 11 is 0. The van der Waals surface area contributed by atoms with Crippen molar-refractivity contribution in [2.24, 2.45) is 11.7 Å². The van der Waals surface area contributed by atoms with Gasteiger partial charge in [-0.1, -0.05) is 37.6 Å². The molecule has 0 unspecified atom stereocenters. The number of urea groups is 1. The van der Waals surface area contributed by atoms with Crippen LogP contribution >= 0.6 is 0 Å². The van der Waals surface area contributed by atoms with Crippen LogP contribution in [0.2, 0.25) is 0 Å². The first-order valence-electron chi connectivity index (χ1n) is 11.2. The number of carbonyl (C=O) groups excluding carboxylic acids is 1. The number of benzene rings is 2. The maximum absolute atomic E-state index is 11.8. The van der Waals surface area contributed by atoms with Gasteiger partial charge in [-0.2, -0.15) is 0 Å². The van der Waals surface area contributed by atoms with E-state index in [1.54, 1.807) is 19.1 Å². The number of amides is 2. The fourth-order valence-corrected chi connectivity index (χ4v) is 2.91. The van der Waals surface area contributed by atoms with Gasteiger partial charge >= 0.3 is 6.03 Å². The van der Waals surface area contributed by atoms with Crippen molar-refractivity contribution in [1.82, 2.24) is 5.01 Å². The SMILES string of the molecule is CCC(=N)OCc1c(C)cccc1N(N)C(=O)N(C)N.CCCOc1ccc(C)cc1C(C)=N. The first-order valence-corrected chi connectivity index (χ1v) is 11.2. The summed E-state index contributed by atoms with van der Waals surface area (Å²) in [7, 11) is 1.42. The Morgan fingerprint density at radius 2 is 1.76 bits per heavy atom. The summed E-state index contributed by atoms with van der Waals surface area (Å²) in [5.74, 6) is 12.2. The Hall–Kier alpha value is -3.43. The molecule has 2 rings (SSSR count). The van der Waals surface area contributed by atoms with E-state index < -0.39 is 6.03 Å². The lowest BCUT2D eigenvalue weighted by Gasteiger charge is -2.24. The Morgan fingerprint density at radius 3 is 2.32 bits per heavy atom. The van der Waals surface area contributed by atoms with Gasteiger partial charge in [-0.15, -0.1) is 0 Å². The van der Waals surface area contributed by atoms with E-state index in [1.807, 2.05) is 45.0 Å². The van der Waals surface area contributed by atoms with Gasteiger partial charge in [0.15, 0.2) is 5.90 Å². The van der Waals surface area contributed by atoms with Crippen LogP contribution in [0, 0.1) is 24.7 Å². The molecule has 0 aromatic heterocycles. The van der Waals surface area contributed by atoms with Crippen molar-refractivity contribution in [2.45, 2.75) is 54.1 Å². The molecule has 0 atom stereocenters. The predicted octanol–water partition coefficient (Wildman–Crippen LogP) is 4.68. The summed E-state index contributed by atoms with van der Waals surface area (Å²) in [6.07, 6.45) is 1.50. The second kappa shape index (κ2) is 14.0. The van der Waals surface area contributed by atoms with Gasteiger partial charge in [0, 0.05) is 30.3 Å². The molecule has 0 radical (unpaired) electrons. The number of hydrogen-bond donors (Lipinski definition) is 4. The number of anilines is 1. The summed E-state index contributed by atoms with van der Waals surface area (Å²) in [5.41, 5.74) is 4.81. The van der Waals surface area contributed by atoms with Gasteiger partial charge in [-0.25, -0.2) is 21.5 Å². The zero-order valence-electron chi connectivity index (χ0n) is 21.1. The number of hydrogen-bond acceptors (Lipinski definition) is 7. The van der Waals surface area contributed by atoms with Crippen molar-refractivity contribution in [1.29, 1.82) is 10.8 Å². The normalized spacial score (nSPS) is 10.0. The third-order valence-corrected chi connectivity index (χ3v) is 4.87. The van der Waals surface area contributed by atoms with Crippen molar-refractivity contribution >= 4 is 23.3 Å². The number of nitrogens with one attached hydrogen (secondary N) is 2. The van der Waals surface area contributed by atoms with Crippen LogP contribution in [0.1, 0.15) is 55.9 Å². The van der Waals surface area contributed by atoms with Crippen LogP contribution in [-0.4, -0.2) is 36.3 Å².